The number of nitrogens with zero attached hydrogens (tertiary/aromatic N) is 1. The Morgan fingerprint density at radius 2 is 2.05 bits per heavy atom. The zero-order chi connectivity index (χ0) is 14.3. The van der Waals surface area contributed by atoms with E-state index in [0.717, 1.165) is 11.8 Å². The lowest BCUT2D eigenvalue weighted by atomic mass is 9.84. The number of urea groups is 1. The molecule has 3 fully saturated rings. The van der Waals surface area contributed by atoms with E-state index in [1.807, 2.05) is 0 Å². The topological polar surface area (TPSA) is 69.6 Å². The molecular weight excluding hydrogens is 256 g/mol. The van der Waals surface area contributed by atoms with Crippen LogP contribution in [0.4, 0.5) is 4.79 Å². The van der Waals surface area contributed by atoms with E-state index in [1.165, 1.54) is 25.7 Å². The van der Waals surface area contributed by atoms with Gasteiger partial charge in [0.2, 0.25) is 0 Å². The van der Waals surface area contributed by atoms with Crippen molar-refractivity contribution in [2.24, 2.45) is 23.7 Å². The van der Waals surface area contributed by atoms with Gasteiger partial charge in [0.1, 0.15) is 0 Å². The standard InChI is InChI=1S/C15H24N2O3/c1-9(13-5-10-2-3-12(13)4-10)16-15(20)17-7-11(8-17)6-14(18)19/h9-13H,2-8H2,1H3,(H,16,20)(H,18,19). The molecule has 2 bridgehead atoms. The van der Waals surface area contributed by atoms with Crippen LogP contribution in [0.3, 0.4) is 0 Å². The van der Waals surface area contributed by atoms with E-state index in [9.17, 15) is 9.59 Å². The van der Waals surface area contributed by atoms with Gasteiger partial charge in [0, 0.05) is 25.0 Å². The van der Waals surface area contributed by atoms with E-state index in [2.05, 4.69) is 12.2 Å². The fourth-order valence-electron chi connectivity index (χ4n) is 4.41. The Morgan fingerprint density at radius 1 is 1.30 bits per heavy atom. The van der Waals surface area contributed by atoms with Crippen molar-refractivity contribution in [3.05, 3.63) is 0 Å². The Hall–Kier alpha value is -1.26. The monoisotopic (exact) mass is 280 g/mol. The maximum atomic E-state index is 12.1. The first-order chi connectivity index (χ1) is 9.52. The van der Waals surface area contributed by atoms with Gasteiger partial charge < -0.3 is 15.3 Å². The van der Waals surface area contributed by atoms with Crippen LogP contribution in [0, 0.1) is 23.7 Å². The highest BCUT2D eigenvalue weighted by atomic mass is 16.4. The molecule has 5 nitrogen and oxygen atoms in total. The summed E-state index contributed by atoms with van der Waals surface area (Å²) in [5.41, 5.74) is 0. The molecule has 1 heterocycles. The second-order valence-corrected chi connectivity index (χ2v) is 6.95. The Labute approximate surface area is 119 Å². The van der Waals surface area contributed by atoms with Gasteiger partial charge in [-0.3, -0.25) is 4.79 Å². The molecule has 4 atom stereocenters. The van der Waals surface area contributed by atoms with Crippen LogP contribution in [0.15, 0.2) is 0 Å². The lowest BCUT2D eigenvalue weighted by molar-refractivity contribution is -0.139. The molecule has 2 aliphatic carbocycles. The molecule has 0 aromatic carbocycles. The summed E-state index contributed by atoms with van der Waals surface area (Å²) in [6.45, 7) is 3.29. The Balaban J connectivity index is 1.42. The molecule has 3 rings (SSSR count). The van der Waals surface area contributed by atoms with Crippen LogP contribution in [0.5, 0.6) is 0 Å². The average molecular weight is 280 g/mol. The van der Waals surface area contributed by atoms with Gasteiger partial charge in [-0.05, 0) is 43.9 Å². The molecule has 4 unspecified atom stereocenters. The number of carboxylic acid groups (broad SMARTS) is 1. The van der Waals surface area contributed by atoms with Gasteiger partial charge in [-0.1, -0.05) is 6.42 Å². The summed E-state index contributed by atoms with van der Waals surface area (Å²) in [7, 11) is 0. The van der Waals surface area contributed by atoms with E-state index >= 15 is 0 Å². The van der Waals surface area contributed by atoms with Gasteiger partial charge in [0.25, 0.3) is 0 Å². The molecule has 3 aliphatic rings. The van der Waals surface area contributed by atoms with Gasteiger partial charge in [0.05, 0.1) is 6.42 Å². The second kappa shape index (κ2) is 5.26. The predicted octanol–water partition coefficient (Wildman–Crippen LogP) is 1.93. The number of hydrogen-bond acceptors (Lipinski definition) is 2. The molecule has 0 spiro atoms. The summed E-state index contributed by atoms with van der Waals surface area (Å²) in [6.07, 6.45) is 5.51. The van der Waals surface area contributed by atoms with Crippen molar-refractivity contribution in [2.75, 3.05) is 13.1 Å². The van der Waals surface area contributed by atoms with Crippen LogP contribution in [0.25, 0.3) is 0 Å². The number of nitrogens with one attached hydrogen (secondary N) is 1. The lowest BCUT2D eigenvalue weighted by Gasteiger charge is -2.40. The quantitative estimate of drug-likeness (QED) is 0.826. The van der Waals surface area contributed by atoms with Crippen molar-refractivity contribution in [1.82, 2.24) is 10.2 Å². The summed E-state index contributed by atoms with van der Waals surface area (Å²) in [6, 6.07) is 0.234. The van der Waals surface area contributed by atoms with E-state index in [1.54, 1.807) is 4.90 Å². The first-order valence-electron chi connectivity index (χ1n) is 7.80. The summed E-state index contributed by atoms with van der Waals surface area (Å²) in [5.74, 6) is 1.72. The third-order valence-electron chi connectivity index (χ3n) is 5.49. The normalized spacial score (nSPS) is 33.9. The minimum Gasteiger partial charge on any atom is -0.481 e. The number of carbonyl (C=O) groups is 2. The fourth-order valence-corrected chi connectivity index (χ4v) is 4.41. The molecule has 5 heteroatoms. The van der Waals surface area contributed by atoms with E-state index < -0.39 is 5.97 Å². The van der Waals surface area contributed by atoms with Crippen molar-refractivity contribution < 1.29 is 14.7 Å². The lowest BCUT2D eigenvalue weighted by Crippen LogP contribution is -2.56. The molecule has 2 amide bonds. The van der Waals surface area contributed by atoms with Crippen LogP contribution in [0.1, 0.15) is 39.0 Å². The maximum absolute atomic E-state index is 12.1. The minimum atomic E-state index is -0.773. The number of aliphatic carboxylic acids is 1. The molecule has 1 aliphatic heterocycles. The van der Waals surface area contributed by atoms with Gasteiger partial charge in [-0.25, -0.2) is 4.79 Å². The fraction of sp³-hybridized carbons (Fsp3) is 0.867. The van der Waals surface area contributed by atoms with Crippen LogP contribution < -0.4 is 5.32 Å². The zero-order valence-electron chi connectivity index (χ0n) is 12.0. The summed E-state index contributed by atoms with van der Waals surface area (Å²) in [4.78, 5) is 24.4. The van der Waals surface area contributed by atoms with Gasteiger partial charge in [-0.15, -0.1) is 0 Å². The third-order valence-corrected chi connectivity index (χ3v) is 5.49. The van der Waals surface area contributed by atoms with Crippen molar-refractivity contribution in [3.8, 4) is 0 Å². The molecule has 2 saturated carbocycles. The molecular formula is C15H24N2O3. The highest BCUT2D eigenvalue weighted by Gasteiger charge is 2.42. The van der Waals surface area contributed by atoms with Crippen molar-refractivity contribution in [2.45, 2.75) is 45.1 Å². The van der Waals surface area contributed by atoms with Crippen LogP contribution in [0.2, 0.25) is 0 Å². The number of rotatable bonds is 4. The smallest absolute Gasteiger partial charge is 0.317 e. The summed E-state index contributed by atoms with van der Waals surface area (Å²) < 4.78 is 0. The summed E-state index contributed by atoms with van der Waals surface area (Å²) >= 11 is 0. The summed E-state index contributed by atoms with van der Waals surface area (Å²) in [5, 5.41) is 11.8. The number of fused-ring (bicyclic) bond motifs is 2. The van der Waals surface area contributed by atoms with Gasteiger partial charge >= 0.3 is 12.0 Å². The highest BCUT2D eigenvalue weighted by Crippen LogP contribution is 2.49. The number of hydrogen-bond donors (Lipinski definition) is 2. The third kappa shape index (κ3) is 2.63. The van der Waals surface area contributed by atoms with Gasteiger partial charge in [-0.2, -0.15) is 0 Å². The first-order valence-corrected chi connectivity index (χ1v) is 7.80. The van der Waals surface area contributed by atoms with Crippen LogP contribution >= 0.6 is 0 Å². The largest absolute Gasteiger partial charge is 0.481 e. The van der Waals surface area contributed by atoms with E-state index in [0.29, 0.717) is 19.0 Å². The first kappa shape index (κ1) is 13.7. The number of carbonyl (C=O) groups excluding carboxylic acids is 1. The Kier molecular flexibility index (Phi) is 3.61. The molecule has 0 radical (unpaired) electrons. The van der Waals surface area contributed by atoms with E-state index in [4.69, 9.17) is 5.11 Å². The Bertz CT molecular complexity index is 406. The average Bonchev–Trinajstić information content (AvgIpc) is 2.94. The second-order valence-electron chi connectivity index (χ2n) is 6.95. The SMILES string of the molecule is CC(NC(=O)N1CC(CC(=O)O)C1)C1CC2CCC1C2. The van der Waals surface area contributed by atoms with Crippen molar-refractivity contribution >= 4 is 12.0 Å². The highest BCUT2D eigenvalue weighted by molar-refractivity contribution is 5.76. The number of likely N-dealkylation sites (tertiary alicyclic amines) is 1. The predicted molar refractivity (Wildman–Crippen MR) is 74.2 cm³/mol. The van der Waals surface area contributed by atoms with Crippen molar-refractivity contribution in [3.63, 3.8) is 0 Å². The molecule has 2 N–H and O–H groups in total. The molecule has 0 aromatic heterocycles. The number of amides is 2. The van der Waals surface area contributed by atoms with Crippen molar-refractivity contribution in [1.29, 1.82) is 0 Å². The van der Waals surface area contributed by atoms with E-state index in [-0.39, 0.29) is 24.4 Å². The molecule has 0 aromatic rings. The minimum absolute atomic E-state index is 0.0121. The Morgan fingerprint density at radius 3 is 2.60 bits per heavy atom. The van der Waals surface area contributed by atoms with Crippen LogP contribution in [-0.4, -0.2) is 41.1 Å². The van der Waals surface area contributed by atoms with Crippen LogP contribution in [-0.2, 0) is 4.79 Å². The zero-order valence-corrected chi connectivity index (χ0v) is 12.0. The molecule has 1 saturated heterocycles. The molecule has 20 heavy (non-hydrogen) atoms. The van der Waals surface area contributed by atoms with Gasteiger partial charge in [0.15, 0.2) is 0 Å². The maximum Gasteiger partial charge on any atom is 0.317 e. The number of carboxylic acids is 1. The molecule has 112 valence electrons.